The van der Waals surface area contributed by atoms with E-state index in [1.165, 1.54) is 0 Å². The van der Waals surface area contributed by atoms with Crippen LogP contribution in [0.2, 0.25) is 5.02 Å². The number of rotatable bonds is 4. The van der Waals surface area contributed by atoms with Gasteiger partial charge in [-0.05, 0) is 24.1 Å². The summed E-state index contributed by atoms with van der Waals surface area (Å²) in [6.45, 7) is 2.04. The maximum absolute atomic E-state index is 9.71. The molecule has 1 N–H and O–H groups in total. The number of ether oxygens (including phenoxy) is 1. The van der Waals surface area contributed by atoms with E-state index in [1.807, 2.05) is 13.0 Å². The number of aliphatic hydroxyl groups is 1. The van der Waals surface area contributed by atoms with Crippen LogP contribution in [-0.4, -0.2) is 12.2 Å². The molecule has 3 heteroatoms. The fourth-order valence-corrected chi connectivity index (χ4v) is 1.60. The Kier molecular flexibility index (Phi) is 4.23. The molecule has 2 nitrogen and oxygen atoms in total. The minimum Gasteiger partial charge on any atom is -0.495 e. The van der Waals surface area contributed by atoms with Crippen molar-refractivity contribution >= 4 is 11.6 Å². The van der Waals surface area contributed by atoms with Crippen LogP contribution >= 0.6 is 11.6 Å². The van der Waals surface area contributed by atoms with Gasteiger partial charge in [-0.3, -0.25) is 0 Å². The lowest BCUT2D eigenvalue weighted by Crippen LogP contribution is -1.97. The summed E-state index contributed by atoms with van der Waals surface area (Å²) in [5.41, 5.74) is 0.845. The largest absolute Gasteiger partial charge is 0.495 e. The molecule has 1 rings (SSSR count). The highest BCUT2D eigenvalue weighted by molar-refractivity contribution is 6.32. The summed E-state index contributed by atoms with van der Waals surface area (Å²) in [6, 6.07) is 5.36. The number of hydrogen-bond acceptors (Lipinski definition) is 2. The van der Waals surface area contributed by atoms with E-state index in [0.29, 0.717) is 10.8 Å². The highest BCUT2D eigenvalue weighted by Crippen LogP contribution is 2.28. The molecule has 1 aromatic carbocycles. The fourth-order valence-electron chi connectivity index (χ4n) is 1.33. The lowest BCUT2D eigenvalue weighted by Gasteiger charge is -2.11. The van der Waals surface area contributed by atoms with Crippen LogP contribution in [0.15, 0.2) is 18.2 Å². The second-order valence-electron chi connectivity index (χ2n) is 3.20. The monoisotopic (exact) mass is 214 g/mol. The summed E-state index contributed by atoms with van der Waals surface area (Å²) < 4.78 is 5.03. The summed E-state index contributed by atoms with van der Waals surface area (Å²) in [6.07, 6.45) is 1.27. The molecule has 0 fully saturated rings. The molecule has 0 saturated heterocycles. The van der Waals surface area contributed by atoms with Crippen LogP contribution < -0.4 is 4.74 Å². The van der Waals surface area contributed by atoms with E-state index in [1.54, 1.807) is 19.2 Å². The Labute approximate surface area is 89.5 Å². The van der Waals surface area contributed by atoms with Gasteiger partial charge in [-0.15, -0.1) is 0 Å². The second-order valence-corrected chi connectivity index (χ2v) is 3.61. The van der Waals surface area contributed by atoms with Gasteiger partial charge in [-0.25, -0.2) is 0 Å². The Balaban J connectivity index is 2.85. The van der Waals surface area contributed by atoms with Crippen molar-refractivity contribution in [2.45, 2.75) is 25.9 Å². The topological polar surface area (TPSA) is 29.5 Å². The minimum absolute atomic E-state index is 0.427. The highest BCUT2D eigenvalue weighted by Gasteiger charge is 2.08. The molecular formula is C11H15ClO2. The van der Waals surface area contributed by atoms with Crippen molar-refractivity contribution in [1.82, 2.24) is 0 Å². The van der Waals surface area contributed by atoms with Crippen LogP contribution in [0, 0.1) is 0 Å². The number of aliphatic hydroxyl groups excluding tert-OH is 1. The first kappa shape index (κ1) is 11.3. The van der Waals surface area contributed by atoms with Crippen LogP contribution in [0.25, 0.3) is 0 Å². The Morgan fingerprint density at radius 1 is 1.50 bits per heavy atom. The predicted molar refractivity (Wildman–Crippen MR) is 57.9 cm³/mol. The molecule has 0 radical (unpaired) electrons. The molecule has 0 spiro atoms. The zero-order valence-corrected chi connectivity index (χ0v) is 9.21. The molecule has 0 saturated carbocycles. The SMILES string of the molecule is CCCC(O)c1ccc(OC)c(Cl)c1. The lowest BCUT2D eigenvalue weighted by atomic mass is 10.1. The normalized spacial score (nSPS) is 12.6. The van der Waals surface area contributed by atoms with Crippen molar-refractivity contribution in [3.8, 4) is 5.75 Å². The third-order valence-electron chi connectivity index (χ3n) is 2.12. The highest BCUT2D eigenvalue weighted by atomic mass is 35.5. The molecular weight excluding hydrogens is 200 g/mol. The van der Waals surface area contributed by atoms with E-state index < -0.39 is 6.10 Å². The second kappa shape index (κ2) is 5.23. The van der Waals surface area contributed by atoms with Gasteiger partial charge < -0.3 is 9.84 Å². The molecule has 14 heavy (non-hydrogen) atoms. The van der Waals surface area contributed by atoms with E-state index in [2.05, 4.69) is 0 Å². The van der Waals surface area contributed by atoms with E-state index in [-0.39, 0.29) is 0 Å². The molecule has 78 valence electrons. The number of benzene rings is 1. The van der Waals surface area contributed by atoms with E-state index in [9.17, 15) is 5.11 Å². The van der Waals surface area contributed by atoms with Gasteiger partial charge in [-0.1, -0.05) is 31.0 Å². The zero-order valence-electron chi connectivity index (χ0n) is 8.46. The van der Waals surface area contributed by atoms with Gasteiger partial charge in [0.05, 0.1) is 18.2 Å². The standard InChI is InChI=1S/C11H15ClO2/c1-3-4-10(13)8-5-6-11(14-2)9(12)7-8/h5-7,10,13H,3-4H2,1-2H3. The number of hydrogen-bond donors (Lipinski definition) is 1. The number of methoxy groups -OCH3 is 1. The molecule has 0 heterocycles. The molecule has 1 atom stereocenters. The average Bonchev–Trinajstić information content (AvgIpc) is 2.18. The molecule has 1 aromatic rings. The van der Waals surface area contributed by atoms with Gasteiger partial charge >= 0.3 is 0 Å². The van der Waals surface area contributed by atoms with Crippen LogP contribution in [0.4, 0.5) is 0 Å². The summed E-state index contributed by atoms with van der Waals surface area (Å²) >= 11 is 5.94. The van der Waals surface area contributed by atoms with Gasteiger partial charge in [0.2, 0.25) is 0 Å². The van der Waals surface area contributed by atoms with E-state index in [4.69, 9.17) is 16.3 Å². The van der Waals surface area contributed by atoms with Crippen LogP contribution in [0.3, 0.4) is 0 Å². The van der Waals surface area contributed by atoms with Crippen molar-refractivity contribution in [1.29, 1.82) is 0 Å². The Morgan fingerprint density at radius 2 is 2.21 bits per heavy atom. The Hall–Kier alpha value is -0.730. The molecule has 0 aliphatic carbocycles. The van der Waals surface area contributed by atoms with Gasteiger partial charge in [0.1, 0.15) is 5.75 Å². The Bertz CT molecular complexity index is 299. The molecule has 0 aliphatic rings. The first-order valence-electron chi connectivity index (χ1n) is 4.70. The average molecular weight is 215 g/mol. The van der Waals surface area contributed by atoms with Crippen LogP contribution in [0.5, 0.6) is 5.75 Å². The number of halogens is 1. The van der Waals surface area contributed by atoms with E-state index >= 15 is 0 Å². The first-order valence-corrected chi connectivity index (χ1v) is 5.08. The van der Waals surface area contributed by atoms with Crippen molar-refractivity contribution < 1.29 is 9.84 Å². The maximum atomic E-state index is 9.71. The van der Waals surface area contributed by atoms with Crippen molar-refractivity contribution in [3.05, 3.63) is 28.8 Å². The first-order chi connectivity index (χ1) is 6.69. The van der Waals surface area contributed by atoms with Gasteiger partial charge in [0.15, 0.2) is 0 Å². The van der Waals surface area contributed by atoms with Gasteiger partial charge in [0.25, 0.3) is 0 Å². The van der Waals surface area contributed by atoms with Crippen LogP contribution in [0.1, 0.15) is 31.4 Å². The smallest absolute Gasteiger partial charge is 0.137 e. The summed E-state index contributed by atoms with van der Waals surface area (Å²) in [5, 5.41) is 10.3. The summed E-state index contributed by atoms with van der Waals surface area (Å²) in [7, 11) is 1.57. The fraction of sp³-hybridized carbons (Fsp3) is 0.455. The van der Waals surface area contributed by atoms with E-state index in [0.717, 1.165) is 18.4 Å². The minimum atomic E-state index is -0.427. The zero-order chi connectivity index (χ0) is 10.6. The Morgan fingerprint density at radius 3 is 2.71 bits per heavy atom. The summed E-state index contributed by atoms with van der Waals surface area (Å²) in [5.74, 6) is 0.638. The third kappa shape index (κ3) is 2.63. The third-order valence-corrected chi connectivity index (χ3v) is 2.42. The van der Waals surface area contributed by atoms with Gasteiger partial charge in [0, 0.05) is 0 Å². The molecule has 0 bridgehead atoms. The molecule has 0 aliphatic heterocycles. The summed E-state index contributed by atoms with van der Waals surface area (Å²) in [4.78, 5) is 0. The molecule has 0 amide bonds. The van der Waals surface area contributed by atoms with Gasteiger partial charge in [-0.2, -0.15) is 0 Å². The van der Waals surface area contributed by atoms with Crippen LogP contribution in [-0.2, 0) is 0 Å². The quantitative estimate of drug-likeness (QED) is 0.834. The van der Waals surface area contributed by atoms with Crippen molar-refractivity contribution in [2.24, 2.45) is 0 Å². The van der Waals surface area contributed by atoms with Crippen molar-refractivity contribution in [3.63, 3.8) is 0 Å². The molecule has 1 unspecified atom stereocenters. The maximum Gasteiger partial charge on any atom is 0.137 e. The predicted octanol–water partition coefficient (Wildman–Crippen LogP) is 3.18. The van der Waals surface area contributed by atoms with Crippen molar-refractivity contribution in [2.75, 3.05) is 7.11 Å². The lowest BCUT2D eigenvalue weighted by molar-refractivity contribution is 0.166. The molecule has 0 aromatic heterocycles.